The molecule has 1 heterocycles. The monoisotopic (exact) mass is 236 g/mol. The zero-order valence-electron chi connectivity index (χ0n) is 5.67. The molecule has 0 aromatic carbocycles. The van der Waals surface area contributed by atoms with Crippen LogP contribution in [0.1, 0.15) is 0 Å². The van der Waals surface area contributed by atoms with E-state index in [1.165, 1.54) is 18.4 Å². The van der Waals surface area contributed by atoms with Gasteiger partial charge in [-0.3, -0.25) is 0 Å². The summed E-state index contributed by atoms with van der Waals surface area (Å²) in [6, 6.07) is 1.70. The SMILES string of the molecule is COC(=O)Oc1cc(Br)cs1. The van der Waals surface area contributed by atoms with Crippen molar-refractivity contribution in [3.8, 4) is 5.06 Å². The van der Waals surface area contributed by atoms with Crippen molar-refractivity contribution < 1.29 is 14.3 Å². The number of hydrogen-bond acceptors (Lipinski definition) is 4. The van der Waals surface area contributed by atoms with Gasteiger partial charge in [-0.1, -0.05) is 0 Å². The minimum absolute atomic E-state index is 0.517. The molecule has 1 aromatic rings. The summed E-state index contributed by atoms with van der Waals surface area (Å²) in [5.41, 5.74) is 0. The highest BCUT2D eigenvalue weighted by molar-refractivity contribution is 9.10. The minimum Gasteiger partial charge on any atom is -0.437 e. The average molecular weight is 237 g/mol. The smallest absolute Gasteiger partial charge is 0.437 e. The second kappa shape index (κ2) is 3.73. The van der Waals surface area contributed by atoms with Gasteiger partial charge in [0.25, 0.3) is 0 Å². The lowest BCUT2D eigenvalue weighted by Gasteiger charge is -1.96. The van der Waals surface area contributed by atoms with Gasteiger partial charge >= 0.3 is 6.16 Å². The number of ether oxygens (including phenoxy) is 2. The quantitative estimate of drug-likeness (QED) is 0.704. The molecule has 0 atom stereocenters. The van der Waals surface area contributed by atoms with Crippen LogP contribution < -0.4 is 4.74 Å². The number of carbonyl (C=O) groups excluding carboxylic acids is 1. The Hall–Kier alpha value is -0.550. The maximum atomic E-state index is 10.5. The van der Waals surface area contributed by atoms with Gasteiger partial charge in [0, 0.05) is 15.9 Å². The molecular weight excluding hydrogens is 232 g/mol. The fourth-order valence-corrected chi connectivity index (χ4v) is 1.72. The molecule has 0 bridgehead atoms. The molecule has 0 saturated heterocycles. The van der Waals surface area contributed by atoms with Crippen molar-refractivity contribution in [2.24, 2.45) is 0 Å². The highest BCUT2D eigenvalue weighted by atomic mass is 79.9. The fraction of sp³-hybridized carbons (Fsp3) is 0.167. The Kier molecular flexibility index (Phi) is 2.90. The molecule has 0 aliphatic rings. The molecule has 0 aliphatic carbocycles. The topological polar surface area (TPSA) is 35.5 Å². The van der Waals surface area contributed by atoms with Crippen LogP contribution in [0.2, 0.25) is 0 Å². The van der Waals surface area contributed by atoms with Gasteiger partial charge in [0.05, 0.1) is 7.11 Å². The molecule has 11 heavy (non-hydrogen) atoms. The highest BCUT2D eigenvalue weighted by Gasteiger charge is 2.04. The molecule has 5 heteroatoms. The zero-order chi connectivity index (χ0) is 8.27. The molecule has 1 aromatic heterocycles. The molecule has 0 unspecified atom stereocenters. The van der Waals surface area contributed by atoms with Crippen molar-refractivity contribution in [1.82, 2.24) is 0 Å². The van der Waals surface area contributed by atoms with Crippen LogP contribution in [0.25, 0.3) is 0 Å². The fourth-order valence-electron chi connectivity index (χ4n) is 0.472. The summed E-state index contributed by atoms with van der Waals surface area (Å²) in [6.45, 7) is 0. The van der Waals surface area contributed by atoms with Crippen LogP contribution in [0.5, 0.6) is 5.06 Å². The van der Waals surface area contributed by atoms with Gasteiger partial charge in [0.1, 0.15) is 0 Å². The van der Waals surface area contributed by atoms with Crippen LogP contribution in [-0.4, -0.2) is 13.3 Å². The van der Waals surface area contributed by atoms with E-state index in [0.29, 0.717) is 5.06 Å². The maximum absolute atomic E-state index is 10.5. The van der Waals surface area contributed by atoms with Crippen LogP contribution in [0.4, 0.5) is 4.79 Å². The Morgan fingerprint density at radius 3 is 2.91 bits per heavy atom. The van der Waals surface area contributed by atoms with Crippen LogP contribution in [0, 0.1) is 0 Å². The van der Waals surface area contributed by atoms with Gasteiger partial charge in [-0.15, -0.1) is 11.3 Å². The van der Waals surface area contributed by atoms with Crippen LogP contribution in [0.15, 0.2) is 15.9 Å². The number of rotatable bonds is 1. The number of thiophene rings is 1. The first-order valence-electron chi connectivity index (χ1n) is 2.72. The van der Waals surface area contributed by atoms with Gasteiger partial charge in [-0.2, -0.15) is 0 Å². The molecule has 0 N–H and O–H groups in total. The number of carbonyl (C=O) groups is 1. The van der Waals surface area contributed by atoms with Gasteiger partial charge < -0.3 is 9.47 Å². The summed E-state index contributed by atoms with van der Waals surface area (Å²) in [7, 11) is 1.27. The van der Waals surface area contributed by atoms with E-state index >= 15 is 0 Å². The number of hydrogen-bond donors (Lipinski definition) is 0. The first kappa shape index (κ1) is 8.55. The van der Waals surface area contributed by atoms with Crippen LogP contribution >= 0.6 is 27.3 Å². The summed E-state index contributed by atoms with van der Waals surface area (Å²) >= 11 is 4.55. The summed E-state index contributed by atoms with van der Waals surface area (Å²) in [6.07, 6.45) is -0.695. The van der Waals surface area contributed by atoms with E-state index in [9.17, 15) is 4.79 Å². The molecule has 0 amide bonds. The molecule has 0 saturated carbocycles. The normalized spacial score (nSPS) is 9.27. The third-order valence-electron chi connectivity index (χ3n) is 0.894. The Bertz CT molecular complexity index is 258. The maximum Gasteiger partial charge on any atom is 0.514 e. The Morgan fingerprint density at radius 1 is 1.73 bits per heavy atom. The van der Waals surface area contributed by atoms with E-state index in [2.05, 4.69) is 20.7 Å². The van der Waals surface area contributed by atoms with Gasteiger partial charge in [-0.25, -0.2) is 4.79 Å². The lowest BCUT2D eigenvalue weighted by molar-refractivity contribution is 0.123. The molecule has 0 aliphatic heterocycles. The summed E-state index contributed by atoms with van der Waals surface area (Å²) in [4.78, 5) is 10.5. The lowest BCUT2D eigenvalue weighted by Crippen LogP contribution is -2.05. The number of halogens is 1. The summed E-state index contributed by atoms with van der Waals surface area (Å²) < 4.78 is 9.90. The second-order valence-corrected chi connectivity index (χ2v) is 3.43. The van der Waals surface area contributed by atoms with E-state index in [4.69, 9.17) is 4.74 Å². The van der Waals surface area contributed by atoms with Crippen molar-refractivity contribution in [1.29, 1.82) is 0 Å². The zero-order valence-corrected chi connectivity index (χ0v) is 8.07. The van der Waals surface area contributed by atoms with Gasteiger partial charge in [0.2, 0.25) is 0 Å². The minimum atomic E-state index is -0.695. The molecule has 0 radical (unpaired) electrons. The molecule has 3 nitrogen and oxygen atoms in total. The Balaban J connectivity index is 2.57. The highest BCUT2D eigenvalue weighted by Crippen LogP contribution is 2.26. The van der Waals surface area contributed by atoms with E-state index in [1.54, 1.807) is 6.07 Å². The molecule has 0 fully saturated rings. The Morgan fingerprint density at radius 2 is 2.45 bits per heavy atom. The van der Waals surface area contributed by atoms with Gasteiger partial charge in [0.15, 0.2) is 5.06 Å². The third kappa shape index (κ3) is 2.51. The predicted molar refractivity (Wildman–Crippen MR) is 45.1 cm³/mol. The number of methoxy groups -OCH3 is 1. The van der Waals surface area contributed by atoms with E-state index in [0.717, 1.165) is 4.47 Å². The molecule has 60 valence electrons. The third-order valence-corrected chi connectivity index (χ3v) is 2.46. The van der Waals surface area contributed by atoms with Crippen molar-refractivity contribution in [2.45, 2.75) is 0 Å². The second-order valence-electron chi connectivity index (χ2n) is 1.64. The van der Waals surface area contributed by atoms with Crippen LogP contribution in [-0.2, 0) is 4.74 Å². The predicted octanol–water partition coefficient (Wildman–Crippen LogP) is 2.66. The largest absolute Gasteiger partial charge is 0.514 e. The molecule has 0 spiro atoms. The lowest BCUT2D eigenvalue weighted by atomic mass is 10.6. The average Bonchev–Trinajstić information content (AvgIpc) is 2.35. The molecular formula is C6H5BrO3S. The van der Waals surface area contributed by atoms with Crippen molar-refractivity contribution in [2.75, 3.05) is 7.11 Å². The van der Waals surface area contributed by atoms with E-state index in [-0.39, 0.29) is 0 Å². The first-order valence-corrected chi connectivity index (χ1v) is 4.39. The first-order chi connectivity index (χ1) is 5.22. The van der Waals surface area contributed by atoms with Crippen molar-refractivity contribution in [3.05, 3.63) is 15.9 Å². The van der Waals surface area contributed by atoms with E-state index < -0.39 is 6.16 Å². The standard InChI is InChI=1S/C6H5BrO3S/c1-9-6(8)10-5-2-4(7)3-11-5/h2-3H,1H3. The molecule has 1 rings (SSSR count). The summed E-state index contributed by atoms with van der Waals surface area (Å²) in [5, 5.41) is 2.34. The van der Waals surface area contributed by atoms with Crippen LogP contribution in [0.3, 0.4) is 0 Å². The van der Waals surface area contributed by atoms with Crippen molar-refractivity contribution >= 4 is 33.4 Å². The van der Waals surface area contributed by atoms with E-state index in [1.807, 2.05) is 5.38 Å². The van der Waals surface area contributed by atoms with Gasteiger partial charge in [-0.05, 0) is 15.9 Å². The van der Waals surface area contributed by atoms with Crippen molar-refractivity contribution in [3.63, 3.8) is 0 Å². The Labute approximate surface area is 76.1 Å². The summed E-state index contributed by atoms with van der Waals surface area (Å²) in [5.74, 6) is 0.